The molecule has 1 aliphatic heterocycles. The van der Waals surface area contributed by atoms with Crippen molar-refractivity contribution in [3.63, 3.8) is 0 Å². The van der Waals surface area contributed by atoms with Gasteiger partial charge in [-0.15, -0.1) is 0 Å². The molecule has 19 heavy (non-hydrogen) atoms. The summed E-state index contributed by atoms with van der Waals surface area (Å²) in [7, 11) is 2.13. The summed E-state index contributed by atoms with van der Waals surface area (Å²) in [5, 5.41) is 5.66. The average molecular weight is 267 g/mol. The molecule has 0 atom stereocenters. The Bertz CT molecular complexity index is 274. The lowest BCUT2D eigenvalue weighted by Crippen LogP contribution is -2.61. The molecule has 1 rings (SSSR count). The topological polar surface area (TPSA) is 24.5 Å². The number of nitrogens with zero attached hydrogens (tertiary/aromatic N) is 1. The molecule has 1 heterocycles. The normalized spacial score (nSPS) is 23.3. The van der Waals surface area contributed by atoms with Crippen molar-refractivity contribution >= 4 is 7.28 Å². The van der Waals surface area contributed by atoms with Gasteiger partial charge in [-0.2, -0.15) is 5.06 Å². The largest absolute Gasteiger partial charge is 0.322 e. The summed E-state index contributed by atoms with van der Waals surface area (Å²) in [6.45, 7) is 16.4. The Morgan fingerprint density at radius 1 is 1.16 bits per heavy atom. The van der Waals surface area contributed by atoms with Crippen LogP contribution in [0.15, 0.2) is 0 Å². The van der Waals surface area contributed by atoms with Crippen molar-refractivity contribution in [1.29, 1.82) is 0 Å². The van der Waals surface area contributed by atoms with Crippen molar-refractivity contribution in [2.75, 3.05) is 13.0 Å². The van der Waals surface area contributed by atoms with Gasteiger partial charge in [0.1, 0.15) is 7.28 Å². The molecule has 1 aliphatic rings. The van der Waals surface area contributed by atoms with E-state index in [-0.39, 0.29) is 16.7 Å². The van der Waals surface area contributed by atoms with Crippen LogP contribution >= 0.6 is 0 Å². The zero-order chi connectivity index (χ0) is 14.7. The van der Waals surface area contributed by atoms with E-state index in [1.807, 2.05) is 0 Å². The van der Waals surface area contributed by atoms with Gasteiger partial charge in [0.2, 0.25) is 0 Å². The van der Waals surface area contributed by atoms with Crippen LogP contribution in [0.5, 0.6) is 0 Å². The van der Waals surface area contributed by atoms with Gasteiger partial charge in [0.05, 0.1) is 5.60 Å². The van der Waals surface area contributed by atoms with E-state index in [1.54, 1.807) is 0 Å². The summed E-state index contributed by atoms with van der Waals surface area (Å²) in [5.74, 6) is 0. The van der Waals surface area contributed by atoms with Crippen LogP contribution < -0.4 is 5.32 Å². The van der Waals surface area contributed by atoms with E-state index in [2.05, 4.69) is 66.0 Å². The van der Waals surface area contributed by atoms with Crippen LogP contribution in [0.3, 0.4) is 0 Å². The molecule has 0 bridgehead atoms. The molecular formula is C15H32BN2O. The maximum atomic E-state index is 6.41. The van der Waals surface area contributed by atoms with Crippen LogP contribution in [0.2, 0.25) is 6.82 Å². The predicted octanol–water partition coefficient (Wildman–Crippen LogP) is 3.04. The fourth-order valence-electron chi connectivity index (χ4n) is 3.02. The van der Waals surface area contributed by atoms with E-state index < -0.39 is 0 Å². The molecule has 1 saturated heterocycles. The standard InChI is InChI=1S/C15H32BN2O/c1-13(2)9-8-10-14(3,4)18(13)19-15(5,6)11-17-12-16-7/h17H,8-12H2,1-7H3. The highest BCUT2D eigenvalue weighted by Crippen LogP contribution is 2.39. The Hall–Kier alpha value is -0.0551. The first-order valence-electron chi connectivity index (χ1n) is 7.59. The van der Waals surface area contributed by atoms with Crippen molar-refractivity contribution in [2.24, 2.45) is 0 Å². The van der Waals surface area contributed by atoms with Crippen LogP contribution in [0.25, 0.3) is 0 Å². The lowest BCUT2D eigenvalue weighted by atomic mass is 9.82. The van der Waals surface area contributed by atoms with Crippen LogP contribution in [-0.2, 0) is 4.84 Å². The predicted molar refractivity (Wildman–Crippen MR) is 83.5 cm³/mol. The minimum Gasteiger partial charge on any atom is -0.322 e. The average Bonchev–Trinajstić information content (AvgIpc) is 2.23. The maximum Gasteiger partial charge on any atom is 0.124 e. The van der Waals surface area contributed by atoms with Gasteiger partial charge in [0.25, 0.3) is 0 Å². The number of rotatable bonds is 6. The van der Waals surface area contributed by atoms with E-state index in [4.69, 9.17) is 4.84 Å². The molecule has 0 aromatic carbocycles. The molecule has 1 radical (unpaired) electrons. The smallest absolute Gasteiger partial charge is 0.124 e. The van der Waals surface area contributed by atoms with Crippen LogP contribution in [0.4, 0.5) is 0 Å². The Balaban J connectivity index is 2.70. The quantitative estimate of drug-likeness (QED) is 0.591. The van der Waals surface area contributed by atoms with E-state index >= 15 is 0 Å². The second-order valence-electron chi connectivity index (χ2n) is 7.66. The van der Waals surface area contributed by atoms with Crippen molar-refractivity contribution in [2.45, 2.75) is 84.3 Å². The lowest BCUT2D eigenvalue weighted by molar-refractivity contribution is -0.327. The molecule has 1 fully saturated rings. The third kappa shape index (κ3) is 4.76. The summed E-state index contributed by atoms with van der Waals surface area (Å²) in [6, 6.07) is 0. The summed E-state index contributed by atoms with van der Waals surface area (Å²) in [4.78, 5) is 6.41. The van der Waals surface area contributed by atoms with Crippen molar-refractivity contribution in [1.82, 2.24) is 10.4 Å². The van der Waals surface area contributed by atoms with Gasteiger partial charge in [-0.05, 0) is 67.2 Å². The zero-order valence-electron chi connectivity index (χ0n) is 14.0. The van der Waals surface area contributed by atoms with Crippen LogP contribution in [0, 0.1) is 0 Å². The third-order valence-electron chi connectivity index (χ3n) is 3.91. The molecule has 0 saturated carbocycles. The summed E-state index contributed by atoms with van der Waals surface area (Å²) >= 11 is 0. The van der Waals surface area contributed by atoms with Crippen molar-refractivity contribution in [3.05, 3.63) is 0 Å². The van der Waals surface area contributed by atoms with Crippen LogP contribution in [-0.4, -0.2) is 42.0 Å². The minimum absolute atomic E-state index is 0.107. The summed E-state index contributed by atoms with van der Waals surface area (Å²) in [6.07, 6.45) is 4.61. The third-order valence-corrected chi connectivity index (χ3v) is 3.91. The zero-order valence-corrected chi connectivity index (χ0v) is 14.0. The van der Waals surface area contributed by atoms with E-state index in [0.717, 1.165) is 13.0 Å². The van der Waals surface area contributed by atoms with Crippen molar-refractivity contribution in [3.8, 4) is 0 Å². The number of hydrogen-bond acceptors (Lipinski definition) is 3. The van der Waals surface area contributed by atoms with Gasteiger partial charge in [-0.1, -0.05) is 6.82 Å². The molecule has 0 aliphatic carbocycles. The van der Waals surface area contributed by atoms with Crippen LogP contribution in [0.1, 0.15) is 60.8 Å². The fraction of sp³-hybridized carbons (Fsp3) is 1.00. The van der Waals surface area contributed by atoms with Gasteiger partial charge in [0, 0.05) is 17.6 Å². The lowest BCUT2D eigenvalue weighted by Gasteiger charge is -2.53. The van der Waals surface area contributed by atoms with Gasteiger partial charge in [0.15, 0.2) is 0 Å². The van der Waals surface area contributed by atoms with E-state index in [0.29, 0.717) is 0 Å². The highest BCUT2D eigenvalue weighted by molar-refractivity contribution is 6.33. The Morgan fingerprint density at radius 2 is 1.68 bits per heavy atom. The Kier molecular flexibility index (Phi) is 5.50. The van der Waals surface area contributed by atoms with Crippen molar-refractivity contribution < 1.29 is 4.84 Å². The first-order chi connectivity index (χ1) is 8.61. The first-order valence-corrected chi connectivity index (χ1v) is 7.59. The maximum absolute atomic E-state index is 6.41. The van der Waals surface area contributed by atoms with E-state index in [1.165, 1.54) is 19.3 Å². The number of hydrogen-bond donors (Lipinski definition) is 1. The molecule has 0 aromatic rings. The SMILES string of the molecule is C[B]CNCC(C)(C)ON1C(C)(C)CCCC1(C)C. The van der Waals surface area contributed by atoms with Gasteiger partial charge in [-0.3, -0.25) is 4.84 Å². The highest BCUT2D eigenvalue weighted by Gasteiger charge is 2.44. The molecule has 1 N–H and O–H groups in total. The Labute approximate surface area is 120 Å². The monoisotopic (exact) mass is 267 g/mol. The molecule has 3 nitrogen and oxygen atoms in total. The Morgan fingerprint density at radius 3 is 2.16 bits per heavy atom. The molecule has 111 valence electrons. The second kappa shape index (κ2) is 6.15. The highest BCUT2D eigenvalue weighted by atomic mass is 16.7. The minimum atomic E-state index is -0.186. The molecular weight excluding hydrogens is 235 g/mol. The molecule has 0 unspecified atom stereocenters. The summed E-state index contributed by atoms with van der Waals surface area (Å²) in [5.41, 5.74) is 0.0285. The second-order valence-corrected chi connectivity index (χ2v) is 7.66. The first kappa shape index (κ1) is 17.0. The number of nitrogens with one attached hydrogen (secondary N) is 1. The summed E-state index contributed by atoms with van der Waals surface area (Å²) < 4.78 is 0. The number of hydroxylamine groups is 2. The molecule has 4 heteroatoms. The van der Waals surface area contributed by atoms with Gasteiger partial charge >= 0.3 is 0 Å². The number of piperidine rings is 1. The fourth-order valence-corrected chi connectivity index (χ4v) is 3.02. The molecule has 0 spiro atoms. The van der Waals surface area contributed by atoms with Gasteiger partial charge in [-0.25, -0.2) is 0 Å². The molecule has 0 amide bonds. The van der Waals surface area contributed by atoms with Gasteiger partial charge < -0.3 is 5.32 Å². The molecule has 0 aromatic heterocycles. The van der Waals surface area contributed by atoms with E-state index in [9.17, 15) is 0 Å².